The maximum Gasteiger partial charge on any atom is 0.224 e. The van der Waals surface area contributed by atoms with Crippen molar-refractivity contribution in [3.05, 3.63) is 29.8 Å². The average molecular weight is 381 g/mol. The van der Waals surface area contributed by atoms with Crippen LogP contribution in [-0.2, 0) is 4.79 Å². The molecule has 2 fully saturated rings. The molecule has 2 atom stereocenters. The van der Waals surface area contributed by atoms with Gasteiger partial charge >= 0.3 is 0 Å². The molecule has 2 unspecified atom stereocenters. The van der Waals surface area contributed by atoms with E-state index in [2.05, 4.69) is 30.5 Å². The normalized spacial score (nSPS) is 21.8. The lowest BCUT2D eigenvalue weighted by molar-refractivity contribution is -0.124. The van der Waals surface area contributed by atoms with Crippen molar-refractivity contribution in [2.45, 2.75) is 52.5 Å². The Morgan fingerprint density at radius 1 is 1.31 bits per heavy atom. The number of para-hydroxylation sites is 1. The van der Waals surface area contributed by atoms with Crippen LogP contribution in [0.2, 0.25) is 0 Å². The monoisotopic (exact) mass is 380 g/mol. The van der Waals surface area contributed by atoms with E-state index in [9.17, 15) is 4.79 Å². The molecule has 1 amide bonds. The van der Waals surface area contributed by atoms with Crippen molar-refractivity contribution in [2.75, 3.05) is 19.7 Å². The predicted octanol–water partition coefficient (Wildman–Crippen LogP) is 4.10. The van der Waals surface area contributed by atoms with Crippen LogP contribution in [0.3, 0.4) is 0 Å². The Balaban J connectivity index is 0.00000243. The van der Waals surface area contributed by atoms with Crippen molar-refractivity contribution in [3.8, 4) is 5.75 Å². The van der Waals surface area contributed by atoms with Gasteiger partial charge in [-0.2, -0.15) is 0 Å². The van der Waals surface area contributed by atoms with Crippen molar-refractivity contribution in [1.29, 1.82) is 0 Å². The molecule has 146 valence electrons. The number of hydrogen-bond donors (Lipinski definition) is 2. The molecule has 3 rings (SSSR count). The molecule has 0 bridgehead atoms. The van der Waals surface area contributed by atoms with Gasteiger partial charge in [0.15, 0.2) is 0 Å². The summed E-state index contributed by atoms with van der Waals surface area (Å²) in [5.41, 5.74) is 1.38. The first-order valence-corrected chi connectivity index (χ1v) is 9.78. The number of hydrogen-bond acceptors (Lipinski definition) is 3. The number of amides is 1. The van der Waals surface area contributed by atoms with E-state index in [-0.39, 0.29) is 35.7 Å². The van der Waals surface area contributed by atoms with Crippen LogP contribution in [0, 0.1) is 17.3 Å². The number of nitrogens with one attached hydrogen (secondary N) is 2. The number of rotatable bonds is 7. The van der Waals surface area contributed by atoms with Crippen LogP contribution in [0.4, 0.5) is 0 Å². The molecule has 1 aliphatic heterocycles. The van der Waals surface area contributed by atoms with Crippen molar-refractivity contribution >= 4 is 18.3 Å². The summed E-state index contributed by atoms with van der Waals surface area (Å²) >= 11 is 0. The number of carbonyl (C=O) groups is 1. The molecule has 1 saturated carbocycles. The molecule has 1 aromatic carbocycles. The molecule has 2 N–H and O–H groups in total. The summed E-state index contributed by atoms with van der Waals surface area (Å²) in [4.78, 5) is 12.9. The summed E-state index contributed by atoms with van der Waals surface area (Å²) in [7, 11) is 0. The Kier molecular flexibility index (Phi) is 7.36. The quantitative estimate of drug-likeness (QED) is 0.748. The van der Waals surface area contributed by atoms with Crippen molar-refractivity contribution in [3.63, 3.8) is 0 Å². The zero-order chi connectivity index (χ0) is 17.9. The van der Waals surface area contributed by atoms with Gasteiger partial charge in [0.25, 0.3) is 0 Å². The number of halogens is 1. The van der Waals surface area contributed by atoms with Crippen LogP contribution in [-0.4, -0.2) is 25.6 Å². The van der Waals surface area contributed by atoms with Gasteiger partial charge in [0.1, 0.15) is 5.75 Å². The third kappa shape index (κ3) is 4.72. The second-order valence-electron chi connectivity index (χ2n) is 8.03. The molecule has 0 aromatic heterocycles. The summed E-state index contributed by atoms with van der Waals surface area (Å²) in [6.07, 6.45) is 4.25. The van der Waals surface area contributed by atoms with E-state index in [0.717, 1.165) is 50.1 Å². The maximum absolute atomic E-state index is 12.9. The first-order valence-electron chi connectivity index (χ1n) is 9.78. The summed E-state index contributed by atoms with van der Waals surface area (Å²) < 4.78 is 5.81. The SMILES string of the molecule is CCOc1ccccc1C(CC(C)C)NC(=O)C1CC12CCNCC2.Cl. The lowest BCUT2D eigenvalue weighted by atomic mass is 9.91. The molecule has 1 spiro atoms. The minimum absolute atomic E-state index is 0. The molecule has 4 nitrogen and oxygen atoms in total. The molecule has 5 heteroatoms. The van der Waals surface area contributed by atoms with Gasteiger partial charge in [-0.3, -0.25) is 4.79 Å². The Hall–Kier alpha value is -1.26. The summed E-state index contributed by atoms with van der Waals surface area (Å²) in [5, 5.41) is 6.76. The molecule has 0 radical (unpaired) electrons. The lowest BCUT2D eigenvalue weighted by Gasteiger charge is -2.26. The molecule has 1 aromatic rings. The zero-order valence-corrected chi connectivity index (χ0v) is 17.0. The fraction of sp³-hybridized carbons (Fsp3) is 0.667. The average Bonchev–Trinajstić information content (AvgIpc) is 3.28. The van der Waals surface area contributed by atoms with E-state index >= 15 is 0 Å². The highest BCUT2D eigenvalue weighted by molar-refractivity contribution is 5.85. The number of carbonyl (C=O) groups excluding carboxylic acids is 1. The fourth-order valence-corrected chi connectivity index (χ4v) is 4.26. The fourth-order valence-electron chi connectivity index (χ4n) is 4.26. The molecule has 2 aliphatic rings. The number of ether oxygens (including phenoxy) is 1. The van der Waals surface area contributed by atoms with Gasteiger partial charge < -0.3 is 15.4 Å². The first kappa shape index (κ1) is 21.0. The number of piperidine rings is 1. The van der Waals surface area contributed by atoms with Gasteiger partial charge in [0.05, 0.1) is 12.6 Å². The Morgan fingerprint density at radius 2 is 2.00 bits per heavy atom. The van der Waals surface area contributed by atoms with E-state index < -0.39 is 0 Å². The third-order valence-electron chi connectivity index (χ3n) is 5.72. The Morgan fingerprint density at radius 3 is 2.65 bits per heavy atom. The van der Waals surface area contributed by atoms with E-state index in [1.165, 1.54) is 0 Å². The highest BCUT2D eigenvalue weighted by Crippen LogP contribution is 2.58. The zero-order valence-electron chi connectivity index (χ0n) is 16.2. The van der Waals surface area contributed by atoms with Crippen molar-refractivity contribution in [1.82, 2.24) is 10.6 Å². The van der Waals surface area contributed by atoms with Gasteiger partial charge in [0, 0.05) is 11.5 Å². The molecule has 26 heavy (non-hydrogen) atoms. The highest BCUT2D eigenvalue weighted by Gasteiger charge is 2.57. The summed E-state index contributed by atoms with van der Waals surface area (Å²) in [5.74, 6) is 1.83. The van der Waals surface area contributed by atoms with Gasteiger partial charge in [-0.15, -0.1) is 12.4 Å². The van der Waals surface area contributed by atoms with Crippen LogP contribution in [0.5, 0.6) is 5.75 Å². The Labute approximate surface area is 163 Å². The summed E-state index contributed by atoms with van der Waals surface area (Å²) in [6, 6.07) is 8.14. The maximum atomic E-state index is 12.9. The first-order chi connectivity index (χ1) is 12.1. The standard InChI is InChI=1S/C21H32N2O2.ClH/c1-4-25-19-8-6-5-7-16(19)18(13-15(2)3)23-20(24)17-14-21(17)9-11-22-12-10-21;/h5-8,15,17-18,22H,4,9-14H2,1-3H3,(H,23,24);1H. The van der Waals surface area contributed by atoms with Crippen molar-refractivity contribution < 1.29 is 9.53 Å². The smallest absolute Gasteiger partial charge is 0.224 e. The largest absolute Gasteiger partial charge is 0.494 e. The van der Waals surface area contributed by atoms with Gasteiger partial charge in [-0.05, 0) is 63.1 Å². The van der Waals surface area contributed by atoms with Crippen LogP contribution in [0.25, 0.3) is 0 Å². The van der Waals surface area contributed by atoms with E-state index in [0.29, 0.717) is 12.5 Å². The summed E-state index contributed by atoms with van der Waals surface area (Å²) in [6.45, 7) is 9.14. The van der Waals surface area contributed by atoms with E-state index in [1.807, 2.05) is 25.1 Å². The van der Waals surface area contributed by atoms with Crippen LogP contribution in [0.15, 0.2) is 24.3 Å². The number of benzene rings is 1. The predicted molar refractivity (Wildman–Crippen MR) is 108 cm³/mol. The van der Waals surface area contributed by atoms with Gasteiger partial charge in [-0.1, -0.05) is 32.0 Å². The highest BCUT2D eigenvalue weighted by atomic mass is 35.5. The topological polar surface area (TPSA) is 50.4 Å². The van der Waals surface area contributed by atoms with Gasteiger partial charge in [-0.25, -0.2) is 0 Å². The van der Waals surface area contributed by atoms with Crippen LogP contribution >= 0.6 is 12.4 Å². The Bertz CT molecular complexity index is 599. The van der Waals surface area contributed by atoms with Crippen LogP contribution in [0.1, 0.15) is 58.1 Å². The van der Waals surface area contributed by atoms with E-state index in [4.69, 9.17) is 4.74 Å². The van der Waals surface area contributed by atoms with Gasteiger partial charge in [0.2, 0.25) is 5.91 Å². The molecule has 1 saturated heterocycles. The van der Waals surface area contributed by atoms with Crippen LogP contribution < -0.4 is 15.4 Å². The minimum Gasteiger partial charge on any atom is -0.494 e. The second-order valence-corrected chi connectivity index (χ2v) is 8.03. The van der Waals surface area contributed by atoms with E-state index in [1.54, 1.807) is 0 Å². The second kappa shape index (κ2) is 9.09. The molecular formula is C21H33ClN2O2. The lowest BCUT2D eigenvalue weighted by Crippen LogP contribution is -2.35. The minimum atomic E-state index is 0. The molecule has 1 aliphatic carbocycles. The molecular weight excluding hydrogens is 348 g/mol. The third-order valence-corrected chi connectivity index (χ3v) is 5.72. The molecule has 1 heterocycles. The van der Waals surface area contributed by atoms with Crippen molar-refractivity contribution in [2.24, 2.45) is 17.3 Å².